The van der Waals surface area contributed by atoms with Crippen LogP contribution in [0.5, 0.6) is 0 Å². The number of nitrogens with zero attached hydrogens (tertiary/aromatic N) is 1. The first-order valence-electron chi connectivity index (χ1n) is 7.36. The fourth-order valence-corrected chi connectivity index (χ4v) is 2.15. The smallest absolute Gasteiger partial charge is 0.239 e. The van der Waals surface area contributed by atoms with Crippen molar-refractivity contribution in [2.75, 3.05) is 31.6 Å². The van der Waals surface area contributed by atoms with Crippen molar-refractivity contribution in [3.05, 3.63) is 29.3 Å². The van der Waals surface area contributed by atoms with E-state index in [1.54, 1.807) is 0 Å². The van der Waals surface area contributed by atoms with Gasteiger partial charge in [-0.1, -0.05) is 26.0 Å². The van der Waals surface area contributed by atoms with Crippen molar-refractivity contribution in [2.45, 2.75) is 33.7 Å². The van der Waals surface area contributed by atoms with Gasteiger partial charge in [0.2, 0.25) is 5.91 Å². The molecule has 20 heavy (non-hydrogen) atoms. The monoisotopic (exact) mass is 277 g/mol. The van der Waals surface area contributed by atoms with Gasteiger partial charge in [-0.2, -0.15) is 0 Å². The predicted octanol–water partition coefficient (Wildman–Crippen LogP) is 2.07. The molecule has 1 aromatic carbocycles. The molecule has 0 saturated heterocycles. The molecule has 1 amide bonds. The Labute approximate surface area is 122 Å². The average Bonchev–Trinajstić information content (AvgIpc) is 2.42. The van der Waals surface area contributed by atoms with Crippen LogP contribution in [0.15, 0.2) is 18.2 Å². The number of nitrogens with one attached hydrogen (secondary N) is 2. The molecule has 0 bridgehead atoms. The Bertz CT molecular complexity index is 432. The van der Waals surface area contributed by atoms with Gasteiger partial charge >= 0.3 is 0 Å². The third-order valence-electron chi connectivity index (χ3n) is 3.20. The fraction of sp³-hybridized carbons (Fsp3) is 0.562. The molecule has 0 saturated carbocycles. The van der Waals surface area contributed by atoms with E-state index in [0.29, 0.717) is 6.54 Å². The van der Waals surface area contributed by atoms with Gasteiger partial charge in [0.25, 0.3) is 0 Å². The van der Waals surface area contributed by atoms with Crippen molar-refractivity contribution in [3.8, 4) is 0 Å². The maximum atomic E-state index is 11.7. The molecule has 0 heterocycles. The minimum absolute atomic E-state index is 0.0745. The molecule has 0 spiro atoms. The van der Waals surface area contributed by atoms with Gasteiger partial charge in [-0.05, 0) is 37.1 Å². The van der Waals surface area contributed by atoms with Gasteiger partial charge in [-0.25, -0.2) is 0 Å². The molecule has 0 fully saturated rings. The number of benzene rings is 1. The maximum Gasteiger partial charge on any atom is 0.239 e. The first-order chi connectivity index (χ1) is 9.58. The second kappa shape index (κ2) is 8.59. The van der Waals surface area contributed by atoms with Gasteiger partial charge in [0, 0.05) is 25.8 Å². The number of likely N-dealkylation sites (N-methyl/N-ethyl adjacent to an activating group) is 1. The topological polar surface area (TPSA) is 44.4 Å². The number of carbonyl (C=O) groups is 1. The van der Waals surface area contributed by atoms with Crippen LogP contribution in [0, 0.1) is 6.92 Å². The van der Waals surface area contributed by atoms with Crippen molar-refractivity contribution < 1.29 is 4.79 Å². The second-order valence-corrected chi connectivity index (χ2v) is 5.11. The van der Waals surface area contributed by atoms with Crippen molar-refractivity contribution in [3.63, 3.8) is 0 Å². The molecule has 0 atom stereocenters. The van der Waals surface area contributed by atoms with Gasteiger partial charge in [0.05, 0.1) is 6.54 Å². The van der Waals surface area contributed by atoms with E-state index in [9.17, 15) is 4.79 Å². The largest absolute Gasteiger partial charge is 0.365 e. The summed E-state index contributed by atoms with van der Waals surface area (Å²) < 4.78 is 0. The van der Waals surface area contributed by atoms with E-state index in [1.165, 1.54) is 11.1 Å². The first kappa shape index (κ1) is 16.5. The molecule has 1 aromatic rings. The van der Waals surface area contributed by atoms with Crippen molar-refractivity contribution in [1.82, 2.24) is 10.6 Å². The highest BCUT2D eigenvalue weighted by molar-refractivity contribution is 5.81. The quantitative estimate of drug-likeness (QED) is 0.764. The molecule has 0 aliphatic rings. The third-order valence-corrected chi connectivity index (χ3v) is 3.20. The summed E-state index contributed by atoms with van der Waals surface area (Å²) in [7, 11) is 1.96. The van der Waals surface area contributed by atoms with Crippen LogP contribution in [-0.2, 0) is 11.3 Å². The molecule has 1 rings (SSSR count). The summed E-state index contributed by atoms with van der Waals surface area (Å²) in [4.78, 5) is 13.7. The molecule has 0 aliphatic carbocycles. The summed E-state index contributed by atoms with van der Waals surface area (Å²) in [5.41, 5.74) is 3.58. The molecule has 112 valence electrons. The van der Waals surface area contributed by atoms with E-state index in [4.69, 9.17) is 0 Å². The summed E-state index contributed by atoms with van der Waals surface area (Å²) in [5.74, 6) is 0.0745. The number of aryl methyl sites for hydroxylation is 1. The molecule has 0 aliphatic heterocycles. The van der Waals surface area contributed by atoms with Crippen LogP contribution in [0.3, 0.4) is 0 Å². The molecule has 0 radical (unpaired) electrons. The van der Waals surface area contributed by atoms with E-state index in [2.05, 4.69) is 49.6 Å². The molecular weight excluding hydrogens is 250 g/mol. The van der Waals surface area contributed by atoms with E-state index in [1.807, 2.05) is 11.9 Å². The Balaban J connectivity index is 2.63. The van der Waals surface area contributed by atoms with Gasteiger partial charge in [-0.15, -0.1) is 0 Å². The lowest BCUT2D eigenvalue weighted by molar-refractivity contribution is -0.119. The van der Waals surface area contributed by atoms with Gasteiger partial charge in [0.15, 0.2) is 0 Å². The maximum absolute atomic E-state index is 11.7. The number of carbonyl (C=O) groups excluding carboxylic acids is 1. The van der Waals surface area contributed by atoms with E-state index in [0.717, 1.165) is 31.7 Å². The third kappa shape index (κ3) is 5.21. The van der Waals surface area contributed by atoms with Crippen LogP contribution in [0.1, 0.15) is 31.4 Å². The Morgan fingerprint density at radius 3 is 2.65 bits per heavy atom. The fourth-order valence-electron chi connectivity index (χ4n) is 2.15. The summed E-state index contributed by atoms with van der Waals surface area (Å²) in [6, 6.07) is 6.39. The average molecular weight is 277 g/mol. The lowest BCUT2D eigenvalue weighted by Gasteiger charge is -2.21. The van der Waals surface area contributed by atoms with Crippen molar-refractivity contribution in [1.29, 1.82) is 0 Å². The van der Waals surface area contributed by atoms with Crippen LogP contribution in [0.4, 0.5) is 5.69 Å². The molecule has 2 N–H and O–H groups in total. The lowest BCUT2D eigenvalue weighted by atomic mass is 10.1. The Hall–Kier alpha value is -1.55. The first-order valence-corrected chi connectivity index (χ1v) is 7.36. The second-order valence-electron chi connectivity index (χ2n) is 5.11. The molecule has 4 nitrogen and oxygen atoms in total. The van der Waals surface area contributed by atoms with Crippen LogP contribution in [-0.4, -0.2) is 32.6 Å². The number of hydrogen-bond acceptors (Lipinski definition) is 3. The highest BCUT2D eigenvalue weighted by atomic mass is 16.2. The Morgan fingerprint density at radius 2 is 2.05 bits per heavy atom. The van der Waals surface area contributed by atoms with Crippen LogP contribution < -0.4 is 15.5 Å². The molecule has 4 heteroatoms. The molecular formula is C16H27N3O. The summed E-state index contributed by atoms with van der Waals surface area (Å²) in [5, 5.41) is 6.22. The normalized spacial score (nSPS) is 10.4. The van der Waals surface area contributed by atoms with Crippen LogP contribution in [0.2, 0.25) is 0 Å². The molecule has 0 aromatic heterocycles. The predicted molar refractivity (Wildman–Crippen MR) is 85.1 cm³/mol. The van der Waals surface area contributed by atoms with E-state index < -0.39 is 0 Å². The van der Waals surface area contributed by atoms with Crippen LogP contribution >= 0.6 is 0 Å². The number of amides is 1. The Kier molecular flexibility index (Phi) is 7.09. The zero-order valence-electron chi connectivity index (χ0n) is 13.1. The van der Waals surface area contributed by atoms with Crippen molar-refractivity contribution in [2.24, 2.45) is 0 Å². The highest BCUT2D eigenvalue weighted by Gasteiger charge is 2.09. The highest BCUT2D eigenvalue weighted by Crippen LogP contribution is 2.20. The van der Waals surface area contributed by atoms with Crippen molar-refractivity contribution >= 4 is 11.6 Å². The van der Waals surface area contributed by atoms with Gasteiger partial charge in [-0.3, -0.25) is 4.79 Å². The Morgan fingerprint density at radius 1 is 1.30 bits per heavy atom. The number of rotatable bonds is 8. The number of hydrogen-bond donors (Lipinski definition) is 2. The lowest BCUT2D eigenvalue weighted by Crippen LogP contribution is -2.35. The van der Waals surface area contributed by atoms with E-state index in [-0.39, 0.29) is 5.91 Å². The van der Waals surface area contributed by atoms with Gasteiger partial charge < -0.3 is 15.5 Å². The minimum Gasteiger partial charge on any atom is -0.365 e. The zero-order chi connectivity index (χ0) is 15.0. The summed E-state index contributed by atoms with van der Waals surface area (Å²) in [6.07, 6.45) is 0.966. The number of anilines is 1. The SMILES string of the molecule is CCCNC(=O)CN(C)c1ccc(CNCC)cc1C. The van der Waals surface area contributed by atoms with Gasteiger partial charge in [0.1, 0.15) is 0 Å². The zero-order valence-corrected chi connectivity index (χ0v) is 13.1. The summed E-state index contributed by atoms with van der Waals surface area (Å²) in [6.45, 7) is 9.24. The van der Waals surface area contributed by atoms with Crippen LogP contribution in [0.25, 0.3) is 0 Å². The standard InChI is InChI=1S/C16H27N3O/c1-5-9-18-16(20)12-19(4)15-8-7-14(10-13(15)3)11-17-6-2/h7-8,10,17H,5-6,9,11-12H2,1-4H3,(H,18,20). The molecule has 0 unspecified atom stereocenters. The summed E-state index contributed by atoms with van der Waals surface area (Å²) >= 11 is 0. The van der Waals surface area contributed by atoms with E-state index >= 15 is 0 Å². The minimum atomic E-state index is 0.0745.